The topological polar surface area (TPSA) is 44.5 Å². The Kier molecular flexibility index (Phi) is 8.38. The molecular weight excluding hydrogens is 245 g/mol. The van der Waals surface area contributed by atoms with Gasteiger partial charge in [-0.2, -0.15) is 0 Å². The maximum atomic E-state index is 13.5. The van der Waals surface area contributed by atoms with Crippen molar-refractivity contribution in [2.75, 3.05) is 33.5 Å². The van der Waals surface area contributed by atoms with E-state index in [9.17, 15) is 4.39 Å². The fraction of sp³-hybridized carbons (Fsp3) is 0.600. The van der Waals surface area contributed by atoms with Gasteiger partial charge in [-0.15, -0.1) is 0 Å². The zero-order valence-electron chi connectivity index (χ0n) is 11.6. The van der Waals surface area contributed by atoms with Crippen LogP contribution in [0.5, 0.6) is 0 Å². The minimum atomic E-state index is -0.141. The van der Waals surface area contributed by atoms with E-state index in [-0.39, 0.29) is 5.82 Å². The standard InChI is InChI=1S/C15H24FNO2/c1-18-9-10-19-8-4-5-13(12-17)11-14-6-2-3-7-15(14)16/h2-3,6-7,13H,4-5,8-12,17H2,1H3. The van der Waals surface area contributed by atoms with Crippen LogP contribution in [0, 0.1) is 11.7 Å². The van der Waals surface area contributed by atoms with Crippen LogP contribution in [0.4, 0.5) is 4.39 Å². The molecule has 0 amide bonds. The van der Waals surface area contributed by atoms with Crippen molar-refractivity contribution in [3.8, 4) is 0 Å². The van der Waals surface area contributed by atoms with E-state index in [0.29, 0.717) is 38.7 Å². The predicted molar refractivity (Wildman–Crippen MR) is 74.6 cm³/mol. The molecule has 1 aromatic rings. The number of benzene rings is 1. The molecule has 0 spiro atoms. The van der Waals surface area contributed by atoms with Crippen LogP contribution in [-0.2, 0) is 15.9 Å². The van der Waals surface area contributed by atoms with Gasteiger partial charge in [-0.3, -0.25) is 0 Å². The van der Waals surface area contributed by atoms with Crippen LogP contribution in [0.3, 0.4) is 0 Å². The summed E-state index contributed by atoms with van der Waals surface area (Å²) in [6, 6.07) is 6.89. The van der Waals surface area contributed by atoms with Crippen molar-refractivity contribution in [2.45, 2.75) is 19.3 Å². The van der Waals surface area contributed by atoms with Gasteiger partial charge >= 0.3 is 0 Å². The molecule has 0 saturated carbocycles. The zero-order chi connectivity index (χ0) is 13.9. The molecule has 1 atom stereocenters. The van der Waals surface area contributed by atoms with Gasteiger partial charge in [0.15, 0.2) is 0 Å². The van der Waals surface area contributed by atoms with Gasteiger partial charge in [0.05, 0.1) is 13.2 Å². The first-order valence-corrected chi connectivity index (χ1v) is 6.78. The van der Waals surface area contributed by atoms with Crippen molar-refractivity contribution in [3.63, 3.8) is 0 Å². The molecular formula is C15H24FNO2. The lowest BCUT2D eigenvalue weighted by Gasteiger charge is -2.15. The number of halogens is 1. The molecule has 1 unspecified atom stereocenters. The van der Waals surface area contributed by atoms with E-state index < -0.39 is 0 Å². The second kappa shape index (κ2) is 9.89. The van der Waals surface area contributed by atoms with Crippen molar-refractivity contribution >= 4 is 0 Å². The molecule has 0 heterocycles. The smallest absolute Gasteiger partial charge is 0.126 e. The number of nitrogens with two attached hydrogens (primary N) is 1. The molecule has 108 valence electrons. The van der Waals surface area contributed by atoms with Crippen LogP contribution < -0.4 is 5.73 Å². The Bertz CT molecular complexity index is 347. The summed E-state index contributed by atoms with van der Waals surface area (Å²) >= 11 is 0. The van der Waals surface area contributed by atoms with Crippen molar-refractivity contribution < 1.29 is 13.9 Å². The molecule has 0 aliphatic carbocycles. The first-order chi connectivity index (χ1) is 9.27. The number of rotatable bonds is 10. The van der Waals surface area contributed by atoms with Crippen molar-refractivity contribution in [2.24, 2.45) is 11.7 Å². The lowest BCUT2D eigenvalue weighted by Crippen LogP contribution is -2.18. The highest BCUT2D eigenvalue weighted by atomic mass is 19.1. The minimum absolute atomic E-state index is 0.141. The maximum Gasteiger partial charge on any atom is 0.126 e. The number of methoxy groups -OCH3 is 1. The molecule has 0 bridgehead atoms. The molecule has 0 radical (unpaired) electrons. The van der Waals surface area contributed by atoms with E-state index in [0.717, 1.165) is 18.4 Å². The zero-order valence-corrected chi connectivity index (χ0v) is 11.6. The van der Waals surface area contributed by atoms with Crippen LogP contribution in [0.2, 0.25) is 0 Å². The monoisotopic (exact) mass is 269 g/mol. The van der Waals surface area contributed by atoms with E-state index in [1.54, 1.807) is 13.2 Å². The van der Waals surface area contributed by atoms with E-state index in [2.05, 4.69) is 0 Å². The van der Waals surface area contributed by atoms with E-state index in [4.69, 9.17) is 15.2 Å². The van der Waals surface area contributed by atoms with Crippen LogP contribution >= 0.6 is 0 Å². The maximum absolute atomic E-state index is 13.5. The molecule has 0 aliphatic heterocycles. The second-order valence-electron chi connectivity index (χ2n) is 4.64. The summed E-state index contributed by atoms with van der Waals surface area (Å²) in [6.07, 6.45) is 2.60. The molecule has 4 heteroatoms. The molecule has 19 heavy (non-hydrogen) atoms. The van der Waals surface area contributed by atoms with Crippen LogP contribution in [-0.4, -0.2) is 33.5 Å². The third-order valence-corrected chi connectivity index (χ3v) is 3.13. The normalized spacial score (nSPS) is 12.6. The molecule has 0 aliphatic rings. The van der Waals surface area contributed by atoms with Gasteiger partial charge < -0.3 is 15.2 Å². The van der Waals surface area contributed by atoms with Gasteiger partial charge in [0, 0.05) is 13.7 Å². The highest BCUT2D eigenvalue weighted by Crippen LogP contribution is 2.16. The molecule has 1 aromatic carbocycles. The van der Waals surface area contributed by atoms with E-state index in [1.807, 2.05) is 12.1 Å². The minimum Gasteiger partial charge on any atom is -0.382 e. The summed E-state index contributed by atoms with van der Waals surface area (Å²) in [6.45, 7) is 2.52. The average molecular weight is 269 g/mol. The first-order valence-electron chi connectivity index (χ1n) is 6.78. The third-order valence-electron chi connectivity index (χ3n) is 3.13. The number of ether oxygens (including phenoxy) is 2. The van der Waals surface area contributed by atoms with Crippen molar-refractivity contribution in [1.82, 2.24) is 0 Å². The Labute approximate surface area is 114 Å². The van der Waals surface area contributed by atoms with E-state index in [1.165, 1.54) is 6.07 Å². The third kappa shape index (κ3) is 6.66. The van der Waals surface area contributed by atoms with Gasteiger partial charge in [0.1, 0.15) is 5.82 Å². The molecule has 2 N–H and O–H groups in total. The SMILES string of the molecule is COCCOCCCC(CN)Cc1ccccc1F. The fourth-order valence-electron chi connectivity index (χ4n) is 2.00. The summed E-state index contributed by atoms with van der Waals surface area (Å²) in [7, 11) is 1.65. The van der Waals surface area contributed by atoms with Crippen LogP contribution in [0.15, 0.2) is 24.3 Å². The van der Waals surface area contributed by atoms with Gasteiger partial charge in [-0.25, -0.2) is 4.39 Å². The lowest BCUT2D eigenvalue weighted by molar-refractivity contribution is 0.0673. The van der Waals surface area contributed by atoms with Crippen LogP contribution in [0.1, 0.15) is 18.4 Å². The predicted octanol–water partition coefficient (Wildman–Crippen LogP) is 2.39. The largest absolute Gasteiger partial charge is 0.382 e. The summed E-state index contributed by atoms with van der Waals surface area (Å²) < 4.78 is 23.8. The molecule has 3 nitrogen and oxygen atoms in total. The molecule has 0 fully saturated rings. The number of hydrogen-bond donors (Lipinski definition) is 1. The highest BCUT2D eigenvalue weighted by Gasteiger charge is 2.10. The molecule has 0 saturated heterocycles. The Morgan fingerprint density at radius 1 is 1.21 bits per heavy atom. The van der Waals surface area contributed by atoms with Crippen molar-refractivity contribution in [1.29, 1.82) is 0 Å². The Morgan fingerprint density at radius 3 is 2.68 bits per heavy atom. The second-order valence-corrected chi connectivity index (χ2v) is 4.64. The number of hydrogen-bond acceptors (Lipinski definition) is 3. The molecule has 0 aromatic heterocycles. The average Bonchev–Trinajstić information content (AvgIpc) is 2.43. The van der Waals surface area contributed by atoms with Gasteiger partial charge in [0.2, 0.25) is 0 Å². The Hall–Kier alpha value is -0.970. The highest BCUT2D eigenvalue weighted by molar-refractivity contribution is 5.17. The summed E-state index contributed by atoms with van der Waals surface area (Å²) in [4.78, 5) is 0. The summed E-state index contributed by atoms with van der Waals surface area (Å²) in [5.41, 5.74) is 6.50. The van der Waals surface area contributed by atoms with Gasteiger partial charge in [-0.05, 0) is 43.4 Å². The molecule has 1 rings (SSSR count). The fourth-order valence-corrected chi connectivity index (χ4v) is 2.00. The van der Waals surface area contributed by atoms with Gasteiger partial charge in [0.25, 0.3) is 0 Å². The van der Waals surface area contributed by atoms with E-state index >= 15 is 0 Å². The summed E-state index contributed by atoms with van der Waals surface area (Å²) in [5, 5.41) is 0. The quantitative estimate of drug-likeness (QED) is 0.663. The Morgan fingerprint density at radius 2 is 2.00 bits per heavy atom. The Balaban J connectivity index is 2.24. The van der Waals surface area contributed by atoms with Crippen LogP contribution in [0.25, 0.3) is 0 Å². The lowest BCUT2D eigenvalue weighted by atomic mass is 9.95. The first kappa shape index (κ1) is 16.1. The van der Waals surface area contributed by atoms with Gasteiger partial charge in [-0.1, -0.05) is 18.2 Å². The summed E-state index contributed by atoms with van der Waals surface area (Å²) in [5.74, 6) is 0.167. The van der Waals surface area contributed by atoms with Crippen molar-refractivity contribution in [3.05, 3.63) is 35.6 Å².